The Morgan fingerprint density at radius 1 is 0.450 bits per heavy atom. The fourth-order valence-electron chi connectivity index (χ4n) is 8.24. The van der Waals surface area contributed by atoms with Crippen molar-refractivity contribution in [2.24, 2.45) is 0 Å². The molecule has 0 aliphatic carbocycles. The molecule has 0 atom stereocenters. The summed E-state index contributed by atoms with van der Waals surface area (Å²) in [5, 5.41) is 12.2. The zero-order chi connectivity index (χ0) is 41.6. The number of hydrogen-bond acceptors (Lipinski definition) is 3. The number of imidazole rings is 1. The maximum Gasteiger partial charge on any atom is 0.149 e. The average molecular weight is 780 g/mol. The van der Waals surface area contributed by atoms with Crippen molar-refractivity contribution in [3.05, 3.63) is 193 Å². The molecule has 0 saturated carbocycles. The van der Waals surface area contributed by atoms with Crippen molar-refractivity contribution in [1.29, 1.82) is 0 Å². The van der Waals surface area contributed by atoms with Crippen LogP contribution in [0.4, 0.5) is 0 Å². The van der Waals surface area contributed by atoms with Crippen molar-refractivity contribution >= 4 is 11.0 Å². The van der Waals surface area contributed by atoms with Gasteiger partial charge in [-0.25, -0.2) is 4.98 Å². The molecule has 0 unspecified atom stereocenters. The number of aromatic hydroxyl groups is 1. The van der Waals surface area contributed by atoms with Crippen LogP contribution >= 0.6 is 0 Å². The van der Waals surface area contributed by atoms with Crippen LogP contribution in [-0.4, -0.2) is 19.6 Å². The van der Waals surface area contributed by atoms with E-state index in [0.717, 1.165) is 78.0 Å². The van der Waals surface area contributed by atoms with E-state index in [2.05, 4.69) is 192 Å². The van der Waals surface area contributed by atoms with Crippen molar-refractivity contribution in [3.63, 3.8) is 0 Å². The number of pyridine rings is 1. The normalized spacial score (nSPS) is 11.9. The van der Waals surface area contributed by atoms with E-state index >= 15 is 0 Å². The first-order valence-corrected chi connectivity index (χ1v) is 20.7. The van der Waals surface area contributed by atoms with Crippen LogP contribution in [0.25, 0.3) is 83.9 Å². The fraction of sp³-hybridized carbons (Fsp3) is 0.143. The standard InChI is InChI=1S/C56H49N3O/c1-55(2,3)44-33-42(32-43(34-44)49-35-41(30-31-57-49)38-20-12-8-13-21-38)46-24-17-27-50-52(46)58-54(47-25-16-26-48(53(47)60)56(4,5)6)59(50)51-36-40(37-18-10-7-11-19-37)28-29-45(51)39-22-14-9-15-23-39/h7-36,60H,1-6H3. The van der Waals surface area contributed by atoms with Crippen LogP contribution in [0.3, 0.4) is 0 Å². The molecule has 1 N–H and O–H groups in total. The van der Waals surface area contributed by atoms with E-state index in [9.17, 15) is 5.11 Å². The Bertz CT molecular complexity index is 2990. The summed E-state index contributed by atoms with van der Waals surface area (Å²) in [6.07, 6.45) is 1.90. The van der Waals surface area contributed by atoms with Gasteiger partial charge in [0, 0.05) is 22.9 Å². The number of hydrogen-bond donors (Lipinski definition) is 1. The maximum absolute atomic E-state index is 12.2. The molecule has 4 nitrogen and oxygen atoms in total. The van der Waals surface area contributed by atoms with Crippen LogP contribution in [-0.2, 0) is 10.8 Å². The molecule has 4 heteroatoms. The second-order valence-electron chi connectivity index (χ2n) is 17.7. The molecular weight excluding hydrogens is 731 g/mol. The number of phenolic OH excluding ortho intramolecular Hbond substituents is 1. The van der Waals surface area contributed by atoms with Crippen molar-refractivity contribution in [3.8, 4) is 78.6 Å². The highest BCUT2D eigenvalue weighted by Crippen LogP contribution is 2.44. The molecule has 0 radical (unpaired) electrons. The fourth-order valence-corrected chi connectivity index (χ4v) is 8.24. The molecule has 0 aliphatic heterocycles. The first-order valence-electron chi connectivity index (χ1n) is 20.7. The second-order valence-corrected chi connectivity index (χ2v) is 17.7. The van der Waals surface area contributed by atoms with E-state index in [1.807, 2.05) is 36.5 Å². The van der Waals surface area contributed by atoms with Crippen LogP contribution in [0.2, 0.25) is 0 Å². The Labute approximate surface area is 353 Å². The second kappa shape index (κ2) is 15.3. The minimum atomic E-state index is -0.291. The van der Waals surface area contributed by atoms with Gasteiger partial charge in [0.1, 0.15) is 11.6 Å². The summed E-state index contributed by atoms with van der Waals surface area (Å²) < 4.78 is 2.26. The van der Waals surface area contributed by atoms with Crippen molar-refractivity contribution in [1.82, 2.24) is 14.5 Å². The summed E-state index contributed by atoms with van der Waals surface area (Å²) in [6, 6.07) is 61.8. The zero-order valence-corrected chi connectivity index (χ0v) is 35.1. The Morgan fingerprint density at radius 3 is 1.70 bits per heavy atom. The van der Waals surface area contributed by atoms with Gasteiger partial charge in [-0.2, -0.15) is 0 Å². The van der Waals surface area contributed by atoms with Gasteiger partial charge < -0.3 is 5.11 Å². The lowest BCUT2D eigenvalue weighted by atomic mass is 9.83. The number of fused-ring (bicyclic) bond motifs is 1. The zero-order valence-electron chi connectivity index (χ0n) is 35.1. The summed E-state index contributed by atoms with van der Waals surface area (Å²) in [7, 11) is 0. The Kier molecular flexibility index (Phi) is 9.80. The molecule has 0 bridgehead atoms. The first kappa shape index (κ1) is 38.5. The summed E-state index contributed by atoms with van der Waals surface area (Å²) in [4.78, 5) is 10.5. The predicted octanol–water partition coefficient (Wildman–Crippen LogP) is 14.7. The van der Waals surface area contributed by atoms with Crippen molar-refractivity contribution in [2.75, 3.05) is 0 Å². The highest BCUT2D eigenvalue weighted by Gasteiger charge is 2.27. The lowest BCUT2D eigenvalue weighted by molar-refractivity contribution is 0.448. The van der Waals surface area contributed by atoms with E-state index in [4.69, 9.17) is 9.97 Å². The maximum atomic E-state index is 12.2. The van der Waals surface area contributed by atoms with Gasteiger partial charge in [-0.1, -0.05) is 175 Å². The molecule has 0 aliphatic rings. The smallest absolute Gasteiger partial charge is 0.149 e. The van der Waals surface area contributed by atoms with E-state index in [0.29, 0.717) is 11.4 Å². The Hall–Kier alpha value is -7.04. The minimum Gasteiger partial charge on any atom is -0.507 e. The quantitative estimate of drug-likeness (QED) is 0.175. The van der Waals surface area contributed by atoms with Crippen LogP contribution in [0.15, 0.2) is 182 Å². The molecule has 0 spiro atoms. The molecule has 294 valence electrons. The van der Waals surface area contributed by atoms with Gasteiger partial charge in [0.15, 0.2) is 0 Å². The lowest BCUT2D eigenvalue weighted by Crippen LogP contribution is -2.12. The highest BCUT2D eigenvalue weighted by atomic mass is 16.3. The molecule has 2 heterocycles. The lowest BCUT2D eigenvalue weighted by Gasteiger charge is -2.22. The van der Waals surface area contributed by atoms with Crippen LogP contribution in [0.5, 0.6) is 5.75 Å². The molecule has 9 aromatic rings. The first-order chi connectivity index (χ1) is 28.9. The third-order valence-corrected chi connectivity index (χ3v) is 11.5. The number of rotatable bonds is 7. The van der Waals surface area contributed by atoms with Gasteiger partial charge in [0.2, 0.25) is 0 Å². The monoisotopic (exact) mass is 779 g/mol. The SMILES string of the molecule is CC(C)(C)c1cc(-c2cc(-c3ccccc3)ccn2)cc(-c2cccc3c2nc(-c2cccc(C(C)(C)C)c2O)n3-c2cc(-c3ccccc3)ccc2-c2ccccc2)c1. The summed E-state index contributed by atoms with van der Waals surface area (Å²) in [5.41, 5.74) is 15.8. The topological polar surface area (TPSA) is 50.9 Å². The number of benzene rings is 7. The minimum absolute atomic E-state index is 0.137. The van der Waals surface area contributed by atoms with Gasteiger partial charge in [-0.05, 0) is 97.8 Å². The average Bonchev–Trinajstić information content (AvgIpc) is 3.66. The molecule has 2 aromatic heterocycles. The molecule has 60 heavy (non-hydrogen) atoms. The molecule has 7 aromatic carbocycles. The Morgan fingerprint density at radius 2 is 1.05 bits per heavy atom. The highest BCUT2D eigenvalue weighted by molar-refractivity contribution is 5.98. The molecule has 0 fully saturated rings. The molecule has 0 saturated heterocycles. The van der Waals surface area contributed by atoms with E-state index < -0.39 is 0 Å². The third-order valence-electron chi connectivity index (χ3n) is 11.5. The summed E-state index contributed by atoms with van der Waals surface area (Å²) in [5.74, 6) is 0.915. The summed E-state index contributed by atoms with van der Waals surface area (Å²) >= 11 is 0. The van der Waals surface area contributed by atoms with Gasteiger partial charge in [-0.3, -0.25) is 9.55 Å². The van der Waals surface area contributed by atoms with Crippen LogP contribution in [0, 0.1) is 0 Å². The number of nitrogens with zero attached hydrogens (tertiary/aromatic N) is 3. The van der Waals surface area contributed by atoms with Crippen molar-refractivity contribution in [2.45, 2.75) is 52.4 Å². The van der Waals surface area contributed by atoms with E-state index in [-0.39, 0.29) is 16.6 Å². The van der Waals surface area contributed by atoms with E-state index in [1.54, 1.807) is 0 Å². The van der Waals surface area contributed by atoms with Crippen LogP contribution < -0.4 is 0 Å². The molecule has 0 amide bonds. The Balaban J connectivity index is 1.34. The van der Waals surface area contributed by atoms with Gasteiger partial charge >= 0.3 is 0 Å². The largest absolute Gasteiger partial charge is 0.507 e. The number of para-hydroxylation sites is 2. The van der Waals surface area contributed by atoms with Gasteiger partial charge in [0.05, 0.1) is 28.0 Å². The number of phenols is 1. The van der Waals surface area contributed by atoms with Gasteiger partial charge in [0.25, 0.3) is 0 Å². The van der Waals surface area contributed by atoms with E-state index in [1.165, 1.54) is 5.56 Å². The summed E-state index contributed by atoms with van der Waals surface area (Å²) in [6.45, 7) is 13.2. The predicted molar refractivity (Wildman–Crippen MR) is 251 cm³/mol. The van der Waals surface area contributed by atoms with Gasteiger partial charge in [-0.15, -0.1) is 0 Å². The molecular formula is C56H49N3O. The number of aromatic nitrogens is 3. The van der Waals surface area contributed by atoms with Crippen LogP contribution in [0.1, 0.15) is 52.7 Å². The third kappa shape index (κ3) is 7.30. The van der Waals surface area contributed by atoms with Crippen molar-refractivity contribution < 1.29 is 5.11 Å². The molecule has 9 rings (SSSR count).